The maximum absolute atomic E-state index is 12.0. The number of alkyl halides is 3. The topological polar surface area (TPSA) is 26.0 Å². The molecule has 0 aliphatic heterocycles. The first-order valence-electron chi connectivity index (χ1n) is 3.13. The Morgan fingerprint density at radius 2 is 1.83 bits per heavy atom. The molecular formula is C8H6F3N. The van der Waals surface area contributed by atoms with Crippen LogP contribution in [0.5, 0.6) is 0 Å². The fourth-order valence-corrected chi connectivity index (χ4v) is 0.751. The van der Waals surface area contributed by atoms with Crippen molar-refractivity contribution in [3.63, 3.8) is 0 Å². The Morgan fingerprint density at radius 1 is 1.25 bits per heavy atom. The zero-order chi connectivity index (χ0) is 9.35. The van der Waals surface area contributed by atoms with Crippen molar-refractivity contribution in [2.45, 2.75) is 6.18 Å². The van der Waals surface area contributed by atoms with Gasteiger partial charge in [-0.1, -0.05) is 0 Å². The van der Waals surface area contributed by atoms with Gasteiger partial charge in [0.05, 0.1) is 5.56 Å². The minimum absolute atomic E-state index is 0.0511. The molecule has 2 N–H and O–H groups in total. The predicted molar refractivity (Wildman–Crippen MR) is 39.3 cm³/mol. The zero-order valence-electron chi connectivity index (χ0n) is 6.02. The summed E-state index contributed by atoms with van der Waals surface area (Å²) in [4.78, 5) is 0. The molecule has 1 nitrogen and oxygen atoms in total. The van der Waals surface area contributed by atoms with Crippen LogP contribution >= 0.6 is 0 Å². The number of nitrogen functional groups attached to an aromatic ring is 1. The van der Waals surface area contributed by atoms with E-state index in [0.717, 1.165) is 18.2 Å². The number of hydrogen-bond donors (Lipinski definition) is 1. The molecule has 0 unspecified atom stereocenters. The molecular weight excluding hydrogens is 167 g/mol. The van der Waals surface area contributed by atoms with Crippen molar-refractivity contribution in [3.8, 4) is 0 Å². The van der Waals surface area contributed by atoms with E-state index in [1.165, 1.54) is 0 Å². The summed E-state index contributed by atoms with van der Waals surface area (Å²) < 4.78 is 36.0. The molecule has 0 spiro atoms. The van der Waals surface area contributed by atoms with Gasteiger partial charge in [-0.2, -0.15) is 13.2 Å². The number of hydrogen-bond acceptors (Lipinski definition) is 1. The second kappa shape index (κ2) is 2.69. The lowest BCUT2D eigenvalue weighted by Gasteiger charge is -2.07. The average Bonchev–Trinajstić information content (AvgIpc) is 1.92. The monoisotopic (exact) mass is 173 g/mol. The largest absolute Gasteiger partial charge is 0.416 e. The van der Waals surface area contributed by atoms with Crippen LogP contribution < -0.4 is 5.73 Å². The second-order valence-corrected chi connectivity index (χ2v) is 2.34. The van der Waals surface area contributed by atoms with Gasteiger partial charge < -0.3 is 5.73 Å². The second-order valence-electron chi connectivity index (χ2n) is 2.34. The molecule has 1 aromatic carbocycles. The molecule has 0 amide bonds. The number of rotatable bonds is 0. The summed E-state index contributed by atoms with van der Waals surface area (Å²) in [5.41, 5.74) is 4.56. The highest BCUT2D eigenvalue weighted by Crippen LogP contribution is 2.30. The van der Waals surface area contributed by atoms with Crippen LogP contribution in [0.15, 0.2) is 18.2 Å². The van der Waals surface area contributed by atoms with Gasteiger partial charge in [0.25, 0.3) is 0 Å². The van der Waals surface area contributed by atoms with E-state index in [1.54, 1.807) is 0 Å². The Hall–Kier alpha value is -1.19. The maximum atomic E-state index is 12.0. The summed E-state index contributed by atoms with van der Waals surface area (Å²) >= 11 is 0. The highest BCUT2D eigenvalue weighted by Gasteiger charge is 2.30. The Bertz CT molecular complexity index is 291. The van der Waals surface area contributed by atoms with Crippen LogP contribution in [-0.2, 0) is 6.18 Å². The molecule has 64 valence electrons. The minimum atomic E-state index is -4.36. The molecule has 1 rings (SSSR count). The molecule has 0 heterocycles. The summed E-state index contributed by atoms with van der Waals surface area (Å²) in [6.07, 6.45) is -4.36. The maximum Gasteiger partial charge on any atom is 0.416 e. The van der Waals surface area contributed by atoms with Gasteiger partial charge in [0.15, 0.2) is 0 Å². The van der Waals surface area contributed by atoms with E-state index in [9.17, 15) is 13.2 Å². The van der Waals surface area contributed by atoms with Crippen LogP contribution in [0.2, 0.25) is 0 Å². The molecule has 0 aliphatic carbocycles. The Kier molecular flexibility index (Phi) is 2.00. The average molecular weight is 173 g/mol. The van der Waals surface area contributed by atoms with Gasteiger partial charge in [-0.05, 0) is 23.8 Å². The highest BCUT2D eigenvalue weighted by molar-refractivity contribution is 5.50. The van der Waals surface area contributed by atoms with Crippen molar-refractivity contribution in [2.75, 3.05) is 5.73 Å². The normalized spacial score (nSPS) is 11.7. The van der Waals surface area contributed by atoms with Gasteiger partial charge in [0.1, 0.15) is 0 Å². The molecule has 2 radical (unpaired) electrons. The molecule has 1 aromatic rings. The number of anilines is 1. The van der Waals surface area contributed by atoms with Gasteiger partial charge in [-0.3, -0.25) is 0 Å². The molecule has 4 heteroatoms. The fourth-order valence-electron chi connectivity index (χ4n) is 0.751. The quantitative estimate of drug-likeness (QED) is 0.598. The van der Waals surface area contributed by atoms with Crippen molar-refractivity contribution >= 4 is 5.69 Å². The first-order valence-corrected chi connectivity index (χ1v) is 3.13. The Morgan fingerprint density at radius 3 is 2.25 bits per heavy atom. The van der Waals surface area contributed by atoms with Gasteiger partial charge in [0.2, 0.25) is 0 Å². The van der Waals surface area contributed by atoms with E-state index < -0.39 is 11.7 Å². The van der Waals surface area contributed by atoms with E-state index in [1.807, 2.05) is 0 Å². The Labute approximate surface area is 68.0 Å². The van der Waals surface area contributed by atoms with Crippen LogP contribution in [0.4, 0.5) is 18.9 Å². The van der Waals surface area contributed by atoms with Crippen molar-refractivity contribution in [2.24, 2.45) is 0 Å². The van der Waals surface area contributed by atoms with Crippen molar-refractivity contribution in [1.82, 2.24) is 0 Å². The van der Waals surface area contributed by atoms with E-state index in [4.69, 9.17) is 12.7 Å². The number of halogens is 3. The van der Waals surface area contributed by atoms with Crippen molar-refractivity contribution in [1.29, 1.82) is 0 Å². The van der Waals surface area contributed by atoms with Crippen LogP contribution in [0.25, 0.3) is 0 Å². The van der Waals surface area contributed by atoms with Gasteiger partial charge in [0, 0.05) is 12.6 Å². The molecule has 12 heavy (non-hydrogen) atoms. The Balaban J connectivity index is 3.14. The fraction of sp³-hybridized carbons (Fsp3) is 0.125. The van der Waals surface area contributed by atoms with Crippen LogP contribution in [0, 0.1) is 6.92 Å². The zero-order valence-corrected chi connectivity index (χ0v) is 6.02. The highest BCUT2D eigenvalue weighted by atomic mass is 19.4. The van der Waals surface area contributed by atoms with E-state index >= 15 is 0 Å². The summed E-state index contributed by atoms with van der Waals surface area (Å²) in [6, 6.07) is 2.85. The summed E-state index contributed by atoms with van der Waals surface area (Å²) in [7, 11) is 0. The third kappa shape index (κ3) is 1.69. The summed E-state index contributed by atoms with van der Waals surface area (Å²) in [6.45, 7) is 5.19. The SMILES string of the molecule is [CH]c1cc(C(F)(F)F)ccc1N. The molecule has 0 saturated carbocycles. The third-order valence-electron chi connectivity index (χ3n) is 1.41. The van der Waals surface area contributed by atoms with Crippen molar-refractivity contribution in [3.05, 3.63) is 36.2 Å². The van der Waals surface area contributed by atoms with Gasteiger partial charge in [-0.25, -0.2) is 0 Å². The standard InChI is InChI=1S/C8H6F3N/c1-5-4-6(8(9,10)11)2-3-7(5)12/h1-4H,12H2. The van der Waals surface area contributed by atoms with Crippen LogP contribution in [0.3, 0.4) is 0 Å². The third-order valence-corrected chi connectivity index (χ3v) is 1.41. The predicted octanol–water partition coefficient (Wildman–Crippen LogP) is 2.35. The van der Waals surface area contributed by atoms with E-state index in [0.29, 0.717) is 0 Å². The smallest absolute Gasteiger partial charge is 0.398 e. The molecule has 0 atom stereocenters. The van der Waals surface area contributed by atoms with Crippen LogP contribution in [-0.4, -0.2) is 0 Å². The molecule has 0 saturated heterocycles. The first-order chi connectivity index (χ1) is 5.41. The van der Waals surface area contributed by atoms with Crippen LogP contribution in [0.1, 0.15) is 11.1 Å². The lowest BCUT2D eigenvalue weighted by Crippen LogP contribution is -2.05. The van der Waals surface area contributed by atoms with Gasteiger partial charge >= 0.3 is 6.18 Å². The molecule has 0 aliphatic rings. The van der Waals surface area contributed by atoms with E-state index in [2.05, 4.69) is 0 Å². The van der Waals surface area contributed by atoms with E-state index in [-0.39, 0.29) is 11.3 Å². The molecule has 0 bridgehead atoms. The number of benzene rings is 1. The number of nitrogens with two attached hydrogens (primary N) is 1. The summed E-state index contributed by atoms with van der Waals surface area (Å²) in [5.74, 6) is 0. The van der Waals surface area contributed by atoms with Gasteiger partial charge in [-0.15, -0.1) is 0 Å². The molecule has 0 fully saturated rings. The summed E-state index contributed by atoms with van der Waals surface area (Å²) in [5, 5.41) is 0. The minimum Gasteiger partial charge on any atom is -0.398 e. The van der Waals surface area contributed by atoms with Crippen molar-refractivity contribution < 1.29 is 13.2 Å². The molecule has 0 aromatic heterocycles. The lowest BCUT2D eigenvalue weighted by molar-refractivity contribution is -0.137. The lowest BCUT2D eigenvalue weighted by atomic mass is 10.1. The first kappa shape index (κ1) is 8.90.